The van der Waals surface area contributed by atoms with Crippen molar-refractivity contribution in [1.82, 2.24) is 5.43 Å². The van der Waals surface area contributed by atoms with Crippen molar-refractivity contribution in [3.8, 4) is 5.75 Å². The minimum absolute atomic E-state index is 0.167. The number of aryl methyl sites for hydroxylation is 1. The number of hydrogen-bond donors (Lipinski definition) is 2. The molecule has 23 heavy (non-hydrogen) atoms. The normalized spacial score (nSPS) is 10.6. The number of nitrogens with one attached hydrogen (secondary N) is 2. The van der Waals surface area contributed by atoms with Crippen LogP contribution >= 0.6 is 22.6 Å². The molecule has 5 nitrogen and oxygen atoms in total. The molecule has 2 rings (SSSR count). The molecule has 0 aromatic heterocycles. The van der Waals surface area contributed by atoms with Gasteiger partial charge in [-0.2, -0.15) is 5.10 Å². The lowest BCUT2D eigenvalue weighted by molar-refractivity contribution is -0.119. The molecule has 0 atom stereocenters. The van der Waals surface area contributed by atoms with Crippen LogP contribution in [-0.4, -0.2) is 25.8 Å². The van der Waals surface area contributed by atoms with Gasteiger partial charge in [0, 0.05) is 5.69 Å². The van der Waals surface area contributed by atoms with Gasteiger partial charge in [0.05, 0.1) is 23.4 Å². The summed E-state index contributed by atoms with van der Waals surface area (Å²) in [6.45, 7) is 2.19. The van der Waals surface area contributed by atoms with Crippen molar-refractivity contribution in [3.63, 3.8) is 0 Å². The third-order valence-electron chi connectivity index (χ3n) is 3.08. The molecule has 120 valence electrons. The molecule has 2 aromatic carbocycles. The lowest BCUT2D eigenvalue weighted by Crippen LogP contribution is -2.25. The van der Waals surface area contributed by atoms with Crippen molar-refractivity contribution in [3.05, 3.63) is 57.2 Å². The van der Waals surface area contributed by atoms with Crippen LogP contribution in [0.15, 0.2) is 47.6 Å². The quantitative estimate of drug-likeness (QED) is 0.426. The van der Waals surface area contributed by atoms with Gasteiger partial charge < -0.3 is 10.1 Å². The maximum atomic E-state index is 11.7. The van der Waals surface area contributed by atoms with Crippen LogP contribution < -0.4 is 15.5 Å². The summed E-state index contributed by atoms with van der Waals surface area (Å²) in [5.41, 5.74) is 5.47. The Morgan fingerprint density at radius 3 is 2.65 bits per heavy atom. The van der Waals surface area contributed by atoms with Crippen molar-refractivity contribution >= 4 is 40.4 Å². The number of ether oxygens (including phenoxy) is 1. The van der Waals surface area contributed by atoms with Gasteiger partial charge >= 0.3 is 0 Å². The lowest BCUT2D eigenvalue weighted by Gasteiger charge is -2.05. The Morgan fingerprint density at radius 1 is 1.26 bits per heavy atom. The second-order valence-corrected chi connectivity index (χ2v) is 6.07. The number of rotatable bonds is 6. The topological polar surface area (TPSA) is 62.7 Å². The first-order valence-corrected chi connectivity index (χ1v) is 8.12. The van der Waals surface area contributed by atoms with E-state index in [0.29, 0.717) is 0 Å². The number of halogens is 1. The summed E-state index contributed by atoms with van der Waals surface area (Å²) in [4.78, 5) is 11.7. The average molecular weight is 423 g/mol. The third kappa shape index (κ3) is 5.55. The van der Waals surface area contributed by atoms with E-state index in [1.54, 1.807) is 13.3 Å². The number of hydrogen-bond acceptors (Lipinski definition) is 4. The highest BCUT2D eigenvalue weighted by molar-refractivity contribution is 14.1. The number of benzene rings is 2. The Labute approximate surface area is 149 Å². The van der Waals surface area contributed by atoms with E-state index in [4.69, 9.17) is 4.74 Å². The number of anilines is 1. The van der Waals surface area contributed by atoms with Gasteiger partial charge in [-0.15, -0.1) is 0 Å². The molecule has 0 aliphatic carbocycles. The first-order valence-electron chi connectivity index (χ1n) is 7.04. The number of methoxy groups -OCH3 is 1. The van der Waals surface area contributed by atoms with Crippen LogP contribution in [0.25, 0.3) is 0 Å². The van der Waals surface area contributed by atoms with Crippen LogP contribution in [-0.2, 0) is 4.79 Å². The van der Waals surface area contributed by atoms with Gasteiger partial charge in [0.25, 0.3) is 5.91 Å². The zero-order valence-electron chi connectivity index (χ0n) is 13.0. The van der Waals surface area contributed by atoms with Gasteiger partial charge in [-0.1, -0.05) is 17.7 Å². The van der Waals surface area contributed by atoms with Gasteiger partial charge in [0.2, 0.25) is 0 Å². The van der Waals surface area contributed by atoms with Crippen LogP contribution in [0.2, 0.25) is 0 Å². The predicted molar refractivity (Wildman–Crippen MR) is 101 cm³/mol. The maximum absolute atomic E-state index is 11.7. The number of amides is 1. The van der Waals surface area contributed by atoms with Gasteiger partial charge in [0.15, 0.2) is 0 Å². The lowest BCUT2D eigenvalue weighted by atomic mass is 10.2. The smallest absolute Gasteiger partial charge is 0.259 e. The standard InChI is InChI=1S/C17H18IN3O2/c1-12-3-6-14(7-4-12)19-11-17(22)21-20-10-13-5-8-16(23-2)15(18)9-13/h3-10,19H,11H2,1-2H3,(H,21,22)/b20-10-. The van der Waals surface area contributed by atoms with E-state index in [1.807, 2.05) is 49.4 Å². The summed E-state index contributed by atoms with van der Waals surface area (Å²) in [5.74, 6) is 0.610. The summed E-state index contributed by atoms with van der Waals surface area (Å²) < 4.78 is 6.18. The third-order valence-corrected chi connectivity index (χ3v) is 3.93. The zero-order chi connectivity index (χ0) is 16.7. The fraction of sp³-hybridized carbons (Fsp3) is 0.176. The fourth-order valence-corrected chi connectivity index (χ4v) is 2.59. The summed E-state index contributed by atoms with van der Waals surface area (Å²) >= 11 is 2.19. The van der Waals surface area contributed by atoms with E-state index in [9.17, 15) is 4.79 Å². The Morgan fingerprint density at radius 2 is 2.00 bits per heavy atom. The van der Waals surface area contributed by atoms with Crippen LogP contribution in [0, 0.1) is 10.5 Å². The van der Waals surface area contributed by atoms with E-state index in [0.717, 1.165) is 20.6 Å². The van der Waals surface area contributed by atoms with Crippen LogP contribution in [0.5, 0.6) is 5.75 Å². The molecular formula is C17H18IN3O2. The first kappa shape index (κ1) is 17.3. The van der Waals surface area contributed by atoms with Gasteiger partial charge in [-0.05, 0) is 65.4 Å². The molecule has 1 amide bonds. The molecule has 0 spiro atoms. The summed E-state index contributed by atoms with van der Waals surface area (Å²) in [6, 6.07) is 13.5. The average Bonchev–Trinajstić information content (AvgIpc) is 2.54. The van der Waals surface area contributed by atoms with E-state index in [1.165, 1.54) is 5.56 Å². The second kappa shape index (κ2) is 8.52. The van der Waals surface area contributed by atoms with Gasteiger partial charge in [-0.3, -0.25) is 4.79 Å². The molecule has 0 fully saturated rings. The Kier molecular flexibility index (Phi) is 6.40. The van der Waals surface area contributed by atoms with Crippen molar-refractivity contribution in [2.75, 3.05) is 19.0 Å². The van der Waals surface area contributed by atoms with Gasteiger partial charge in [0.1, 0.15) is 5.75 Å². The Bertz CT molecular complexity index is 699. The molecule has 2 N–H and O–H groups in total. The highest BCUT2D eigenvalue weighted by Crippen LogP contribution is 2.20. The molecule has 2 aromatic rings. The highest BCUT2D eigenvalue weighted by Gasteiger charge is 2.01. The monoisotopic (exact) mass is 423 g/mol. The highest BCUT2D eigenvalue weighted by atomic mass is 127. The maximum Gasteiger partial charge on any atom is 0.259 e. The number of carbonyl (C=O) groups is 1. The fourth-order valence-electron chi connectivity index (χ4n) is 1.84. The summed E-state index contributed by atoms with van der Waals surface area (Å²) in [5, 5.41) is 7.00. The molecule has 0 aliphatic heterocycles. The van der Waals surface area contributed by atoms with Crippen LogP contribution in [0.1, 0.15) is 11.1 Å². The number of hydrazone groups is 1. The molecule has 0 saturated heterocycles. The molecule has 6 heteroatoms. The molecular weight excluding hydrogens is 405 g/mol. The van der Waals surface area contributed by atoms with E-state index in [2.05, 4.69) is 38.4 Å². The molecule has 0 saturated carbocycles. The SMILES string of the molecule is COc1ccc(/C=N\NC(=O)CNc2ccc(C)cc2)cc1I. The predicted octanol–water partition coefficient (Wildman–Crippen LogP) is 3.17. The second-order valence-electron chi connectivity index (χ2n) is 4.91. The van der Waals surface area contributed by atoms with E-state index >= 15 is 0 Å². The molecule has 0 bridgehead atoms. The molecule has 0 heterocycles. The molecule has 0 radical (unpaired) electrons. The van der Waals surface area contributed by atoms with E-state index in [-0.39, 0.29) is 12.5 Å². The minimum Gasteiger partial charge on any atom is -0.496 e. The van der Waals surface area contributed by atoms with Crippen LogP contribution in [0.3, 0.4) is 0 Å². The molecule has 0 aliphatic rings. The van der Waals surface area contributed by atoms with Crippen molar-refractivity contribution in [2.24, 2.45) is 5.10 Å². The van der Waals surface area contributed by atoms with Crippen molar-refractivity contribution in [1.29, 1.82) is 0 Å². The largest absolute Gasteiger partial charge is 0.496 e. The Hall–Kier alpha value is -2.09. The molecule has 0 unspecified atom stereocenters. The summed E-state index contributed by atoms with van der Waals surface area (Å²) in [6.07, 6.45) is 1.60. The minimum atomic E-state index is -0.204. The number of nitrogens with zero attached hydrogens (tertiary/aromatic N) is 1. The Balaban J connectivity index is 1.81. The van der Waals surface area contributed by atoms with Crippen molar-refractivity contribution in [2.45, 2.75) is 6.92 Å². The first-order chi connectivity index (χ1) is 11.1. The number of carbonyl (C=O) groups excluding carboxylic acids is 1. The van der Waals surface area contributed by atoms with Crippen molar-refractivity contribution < 1.29 is 9.53 Å². The van der Waals surface area contributed by atoms with Crippen LogP contribution in [0.4, 0.5) is 5.69 Å². The van der Waals surface area contributed by atoms with Gasteiger partial charge in [-0.25, -0.2) is 5.43 Å². The zero-order valence-corrected chi connectivity index (χ0v) is 15.1. The van der Waals surface area contributed by atoms with E-state index < -0.39 is 0 Å². The summed E-state index contributed by atoms with van der Waals surface area (Å²) in [7, 11) is 1.63.